The number of fused-ring (bicyclic) bond motifs is 1. The third kappa shape index (κ3) is 11.0. The van der Waals surface area contributed by atoms with E-state index < -0.39 is 23.5 Å². The molecular weight excluding hydrogens is 749 g/mol. The zero-order valence-electron chi connectivity index (χ0n) is 37.3. The van der Waals surface area contributed by atoms with Gasteiger partial charge < -0.3 is 33.7 Å². The Hall–Kier alpha value is -4.04. The Labute approximate surface area is 351 Å². The van der Waals surface area contributed by atoms with E-state index in [0.29, 0.717) is 70.4 Å². The molecule has 1 aliphatic carbocycles. The van der Waals surface area contributed by atoms with Gasteiger partial charge in [-0.1, -0.05) is 47.3 Å². The summed E-state index contributed by atoms with van der Waals surface area (Å²) in [5.74, 6) is -0.152. The maximum Gasteiger partial charge on any atom is 0.324 e. The lowest BCUT2D eigenvalue weighted by atomic mass is 9.84. The number of rotatable bonds is 19. The Kier molecular flexibility index (Phi) is 16.0. The average Bonchev–Trinajstić information content (AvgIpc) is 3.74. The largest absolute Gasteiger partial charge is 0.464 e. The lowest BCUT2D eigenvalue weighted by Crippen LogP contribution is -2.60. The van der Waals surface area contributed by atoms with E-state index in [2.05, 4.69) is 72.7 Å². The van der Waals surface area contributed by atoms with Crippen molar-refractivity contribution in [3.8, 4) is 0 Å². The van der Waals surface area contributed by atoms with Crippen LogP contribution in [0.5, 0.6) is 0 Å². The number of aromatic nitrogens is 1. The molecule has 2 amide bonds. The fourth-order valence-electron chi connectivity index (χ4n) is 8.44. The topological polar surface area (TPSA) is 136 Å². The third-order valence-corrected chi connectivity index (χ3v) is 12.2. The Bertz CT molecular complexity index is 1850. The fraction of sp³-hybridized carbons (Fsp3) is 0.652. The van der Waals surface area contributed by atoms with Crippen molar-refractivity contribution in [2.75, 3.05) is 58.1 Å². The van der Waals surface area contributed by atoms with Crippen molar-refractivity contribution in [1.82, 2.24) is 20.3 Å². The van der Waals surface area contributed by atoms with Crippen molar-refractivity contribution < 1.29 is 33.3 Å². The molecule has 3 heterocycles. The monoisotopic (exact) mass is 819 g/mol. The highest BCUT2D eigenvalue weighted by Gasteiger charge is 2.49. The first-order chi connectivity index (χ1) is 28.2. The van der Waals surface area contributed by atoms with Crippen LogP contribution in [-0.2, 0) is 46.3 Å². The summed E-state index contributed by atoms with van der Waals surface area (Å²) < 4.78 is 26.1. The lowest BCUT2D eigenvalue weighted by molar-refractivity contribution is -0.155. The van der Waals surface area contributed by atoms with Crippen LogP contribution in [-0.4, -0.2) is 111 Å². The lowest BCUT2D eigenvalue weighted by Gasteiger charge is -2.35. The second-order valence-electron chi connectivity index (χ2n) is 17.4. The van der Waals surface area contributed by atoms with Crippen molar-refractivity contribution in [2.45, 2.75) is 119 Å². The summed E-state index contributed by atoms with van der Waals surface area (Å²) in [5.41, 5.74) is 8.53. The van der Waals surface area contributed by atoms with E-state index >= 15 is 0 Å². The van der Waals surface area contributed by atoms with E-state index in [-0.39, 0.29) is 36.5 Å². The number of nitrogens with zero attached hydrogens (tertiary/aromatic N) is 4. The van der Waals surface area contributed by atoms with Gasteiger partial charge in [-0.05, 0) is 89.0 Å². The fourth-order valence-corrected chi connectivity index (χ4v) is 8.44. The number of amides is 2. The summed E-state index contributed by atoms with van der Waals surface area (Å²) in [5, 5.41) is 5.56. The highest BCUT2D eigenvalue weighted by molar-refractivity contribution is 5.95. The van der Waals surface area contributed by atoms with Gasteiger partial charge in [-0.3, -0.25) is 24.4 Å². The number of carbonyl (C=O) groups is 3. The van der Waals surface area contributed by atoms with E-state index in [4.69, 9.17) is 23.9 Å². The quantitative estimate of drug-likeness (QED) is 0.0948. The van der Waals surface area contributed by atoms with Gasteiger partial charge in [0.2, 0.25) is 5.91 Å². The molecule has 0 bridgehead atoms. The summed E-state index contributed by atoms with van der Waals surface area (Å²) >= 11 is 0. The molecule has 3 aliphatic rings. The van der Waals surface area contributed by atoms with Crippen LogP contribution in [0.2, 0.25) is 0 Å². The molecular formula is C46H70N6O7. The van der Waals surface area contributed by atoms with Gasteiger partial charge in [0.25, 0.3) is 5.91 Å². The summed E-state index contributed by atoms with van der Waals surface area (Å²) in [4.78, 5) is 47.4. The molecule has 2 aromatic rings. The second kappa shape index (κ2) is 20.5. The molecule has 1 aromatic carbocycles. The van der Waals surface area contributed by atoms with E-state index in [0.717, 1.165) is 52.2 Å². The Morgan fingerprint density at radius 2 is 1.83 bits per heavy atom. The van der Waals surface area contributed by atoms with E-state index in [1.807, 2.05) is 40.7 Å². The number of carbonyl (C=O) groups excluding carboxylic acids is 3. The van der Waals surface area contributed by atoms with Gasteiger partial charge in [-0.15, -0.1) is 0 Å². The van der Waals surface area contributed by atoms with Crippen LogP contribution >= 0.6 is 0 Å². The summed E-state index contributed by atoms with van der Waals surface area (Å²) in [6, 6.07) is 5.31. The van der Waals surface area contributed by atoms with Gasteiger partial charge in [-0.25, -0.2) is 5.43 Å². The number of allylic oxidation sites excluding steroid dienone is 2. The molecule has 1 saturated carbocycles. The molecule has 2 aliphatic heterocycles. The predicted molar refractivity (Wildman–Crippen MR) is 234 cm³/mol. The maximum atomic E-state index is 13.8. The molecule has 0 spiro atoms. The zero-order valence-corrected chi connectivity index (χ0v) is 37.3. The molecule has 13 heteroatoms. The van der Waals surface area contributed by atoms with Crippen molar-refractivity contribution in [2.24, 2.45) is 28.2 Å². The minimum Gasteiger partial charge on any atom is -0.464 e. The molecule has 1 aromatic heterocycles. The smallest absolute Gasteiger partial charge is 0.324 e. The van der Waals surface area contributed by atoms with Crippen molar-refractivity contribution in [3.05, 3.63) is 47.8 Å². The molecule has 13 nitrogen and oxygen atoms in total. The van der Waals surface area contributed by atoms with Crippen molar-refractivity contribution >= 4 is 46.2 Å². The number of anilines is 1. The number of aliphatic imine (C=N–C) groups is 1. The standard InChI is InChI=1S/C46H70N6O7/c1-12-34(41(47-14-3)32(8)56-11)42-36(35-26-33(50-20-23-57-24-21-50)17-18-39(35)51(42)22-25-58-29(4)5)27-46(9,10)28-59-45(55)38-16-15-19-52(49-38)44(54)37(13-2)48-43(53)40-30(6)31(40)7/h12,14,17-18,26,29-32,37-38,40,49H,1,13,15-16,19-25,27-28H2,2-11H3,(H,48,53)/b41-34+,47-14?/t30-,31+,32-,37-,38-,40?/m0/s1. The first-order valence-corrected chi connectivity index (χ1v) is 21.7. The molecule has 326 valence electrons. The summed E-state index contributed by atoms with van der Waals surface area (Å²) in [6.45, 7) is 27.2. The number of methoxy groups -OCH3 is 1. The number of ether oxygens (including phenoxy) is 4. The first-order valence-electron chi connectivity index (χ1n) is 21.7. The van der Waals surface area contributed by atoms with E-state index in [1.165, 1.54) is 5.01 Å². The zero-order chi connectivity index (χ0) is 43.0. The SMILES string of the molecule is C=C/C(=C(\N=CC)[C@H](C)OC)c1c(CC(C)(C)COC(=O)[C@@H]2CCCN(C(=O)[C@H](CC)NC(=O)C3[C@@H](C)[C@H]3C)N2)c2cc(N3CCOCC3)ccc2n1CCOC(C)C. The van der Waals surface area contributed by atoms with Crippen LogP contribution in [0.4, 0.5) is 5.69 Å². The van der Waals surface area contributed by atoms with Gasteiger partial charge in [0.05, 0.1) is 50.0 Å². The molecule has 6 atom stereocenters. The van der Waals surface area contributed by atoms with E-state index in [1.54, 1.807) is 13.3 Å². The van der Waals surface area contributed by atoms with Crippen LogP contribution in [0, 0.1) is 23.2 Å². The van der Waals surface area contributed by atoms with E-state index in [9.17, 15) is 14.4 Å². The minimum atomic E-state index is -0.685. The van der Waals surface area contributed by atoms with Gasteiger partial charge >= 0.3 is 5.97 Å². The average molecular weight is 819 g/mol. The number of morpholine rings is 1. The summed E-state index contributed by atoms with van der Waals surface area (Å²) in [7, 11) is 1.68. The third-order valence-electron chi connectivity index (χ3n) is 12.2. The number of benzene rings is 1. The minimum absolute atomic E-state index is 0.0595. The Morgan fingerprint density at radius 3 is 2.44 bits per heavy atom. The first kappa shape index (κ1) is 46.0. The molecule has 2 N–H and O–H groups in total. The molecule has 1 unspecified atom stereocenters. The Morgan fingerprint density at radius 1 is 1.12 bits per heavy atom. The Balaban J connectivity index is 1.44. The number of hydrogen-bond donors (Lipinski definition) is 2. The molecule has 5 rings (SSSR count). The molecule has 59 heavy (non-hydrogen) atoms. The second-order valence-corrected chi connectivity index (χ2v) is 17.4. The van der Waals surface area contributed by atoms with Crippen LogP contribution in [0.1, 0.15) is 92.8 Å². The number of hydrazine groups is 1. The molecule has 3 fully saturated rings. The number of esters is 1. The normalized spacial score (nSPS) is 22.7. The highest BCUT2D eigenvalue weighted by Crippen LogP contribution is 2.45. The van der Waals surface area contributed by atoms with Crippen LogP contribution in [0.3, 0.4) is 0 Å². The van der Waals surface area contributed by atoms with Crippen molar-refractivity contribution in [3.63, 3.8) is 0 Å². The maximum absolute atomic E-state index is 13.8. The van der Waals surface area contributed by atoms with Gasteiger partial charge in [0, 0.05) is 73.0 Å². The highest BCUT2D eigenvalue weighted by atomic mass is 16.5. The predicted octanol–water partition coefficient (Wildman–Crippen LogP) is 6.33. The van der Waals surface area contributed by atoms with Crippen LogP contribution in [0.25, 0.3) is 16.5 Å². The van der Waals surface area contributed by atoms with Crippen LogP contribution < -0.4 is 15.6 Å². The van der Waals surface area contributed by atoms with Crippen molar-refractivity contribution in [1.29, 1.82) is 0 Å². The van der Waals surface area contributed by atoms with Gasteiger partial charge in [0.15, 0.2) is 0 Å². The molecule has 0 radical (unpaired) electrons. The van der Waals surface area contributed by atoms with Crippen LogP contribution in [0.15, 0.2) is 41.5 Å². The van der Waals surface area contributed by atoms with Gasteiger partial charge in [0.1, 0.15) is 12.1 Å². The van der Waals surface area contributed by atoms with Gasteiger partial charge in [-0.2, -0.15) is 0 Å². The molecule has 2 saturated heterocycles. The number of hydrogen-bond acceptors (Lipinski definition) is 10. The summed E-state index contributed by atoms with van der Waals surface area (Å²) in [6.07, 6.45) is 5.61. The number of nitrogens with one attached hydrogen (secondary N) is 2.